The summed E-state index contributed by atoms with van der Waals surface area (Å²) in [5, 5.41) is 5.53. The van der Waals surface area contributed by atoms with Gasteiger partial charge in [0.2, 0.25) is 11.8 Å². The first-order chi connectivity index (χ1) is 16.6. The predicted molar refractivity (Wildman–Crippen MR) is 136 cm³/mol. The number of nitrogens with one attached hydrogen (secondary N) is 2. The molecule has 35 heavy (non-hydrogen) atoms. The maximum atomic E-state index is 13.5. The number of carbonyl (C=O) groups excluding carboxylic acids is 3. The Morgan fingerprint density at radius 1 is 1.06 bits per heavy atom. The molecule has 0 saturated carbocycles. The highest BCUT2D eigenvalue weighted by Crippen LogP contribution is 2.24. The van der Waals surface area contributed by atoms with Gasteiger partial charge < -0.3 is 20.3 Å². The summed E-state index contributed by atoms with van der Waals surface area (Å²) < 4.78 is 5.29. The van der Waals surface area contributed by atoms with E-state index in [0.29, 0.717) is 30.6 Å². The number of hydrogen-bond donors (Lipinski definition) is 2. The van der Waals surface area contributed by atoms with Gasteiger partial charge in [0, 0.05) is 18.7 Å². The average molecular weight is 478 g/mol. The molecular formula is C28H35N3O4. The van der Waals surface area contributed by atoms with Crippen LogP contribution in [0.1, 0.15) is 63.8 Å². The molecule has 0 fully saturated rings. The molecule has 2 aromatic carbocycles. The molecular weight excluding hydrogens is 442 g/mol. The minimum atomic E-state index is -0.902. The maximum absolute atomic E-state index is 13.5. The molecule has 7 nitrogen and oxygen atoms in total. The lowest BCUT2D eigenvalue weighted by Crippen LogP contribution is -2.52. The molecule has 2 aromatic rings. The summed E-state index contributed by atoms with van der Waals surface area (Å²) in [6, 6.07) is 14.7. The first-order valence-corrected chi connectivity index (χ1v) is 11.7. The Bertz CT molecular complexity index is 1040. The first-order valence-electron chi connectivity index (χ1n) is 11.7. The molecule has 2 rings (SSSR count). The molecule has 0 bridgehead atoms. The zero-order chi connectivity index (χ0) is 26.0. The van der Waals surface area contributed by atoms with E-state index in [-0.39, 0.29) is 5.91 Å². The zero-order valence-corrected chi connectivity index (χ0v) is 21.1. The quantitative estimate of drug-likeness (QED) is 0.531. The SMILES string of the molecule is C#Cc1ccc(C(C(=O)NCc2ccccc2)N(CCC)C(=O)C(C)NC(=O)OC(C)(C)C)cc1. The first kappa shape index (κ1) is 27.5. The third kappa shape index (κ3) is 8.49. The van der Waals surface area contributed by atoms with E-state index < -0.39 is 29.7 Å². The van der Waals surface area contributed by atoms with Crippen molar-refractivity contribution < 1.29 is 19.1 Å². The third-order valence-corrected chi connectivity index (χ3v) is 5.11. The maximum Gasteiger partial charge on any atom is 0.408 e. The van der Waals surface area contributed by atoms with Crippen LogP contribution in [-0.2, 0) is 20.9 Å². The average Bonchev–Trinajstić information content (AvgIpc) is 2.81. The lowest BCUT2D eigenvalue weighted by atomic mass is 10.0. The van der Waals surface area contributed by atoms with Gasteiger partial charge in [-0.25, -0.2) is 4.79 Å². The van der Waals surface area contributed by atoms with Crippen LogP contribution in [0.3, 0.4) is 0 Å². The minimum Gasteiger partial charge on any atom is -0.444 e. The lowest BCUT2D eigenvalue weighted by molar-refractivity contribution is -0.142. The van der Waals surface area contributed by atoms with Crippen LogP contribution in [0.5, 0.6) is 0 Å². The molecule has 2 atom stereocenters. The van der Waals surface area contributed by atoms with E-state index in [0.717, 1.165) is 5.56 Å². The number of hydrogen-bond acceptors (Lipinski definition) is 4. The lowest BCUT2D eigenvalue weighted by Gasteiger charge is -2.33. The van der Waals surface area contributed by atoms with Gasteiger partial charge in [-0.2, -0.15) is 0 Å². The topological polar surface area (TPSA) is 87.7 Å². The fraction of sp³-hybridized carbons (Fsp3) is 0.393. The Morgan fingerprint density at radius 2 is 1.69 bits per heavy atom. The van der Waals surface area contributed by atoms with E-state index in [1.165, 1.54) is 4.90 Å². The van der Waals surface area contributed by atoms with Crippen LogP contribution in [0.25, 0.3) is 0 Å². The van der Waals surface area contributed by atoms with E-state index in [1.54, 1.807) is 52.0 Å². The highest BCUT2D eigenvalue weighted by Gasteiger charge is 2.34. The summed E-state index contributed by atoms with van der Waals surface area (Å²) in [4.78, 5) is 40.7. The van der Waals surface area contributed by atoms with Gasteiger partial charge in [-0.05, 0) is 57.4 Å². The van der Waals surface area contributed by atoms with Gasteiger partial charge in [-0.1, -0.05) is 55.3 Å². The fourth-order valence-corrected chi connectivity index (χ4v) is 3.52. The molecule has 0 aliphatic rings. The third-order valence-electron chi connectivity index (χ3n) is 5.11. The van der Waals surface area contributed by atoms with Crippen LogP contribution in [0.2, 0.25) is 0 Å². The largest absolute Gasteiger partial charge is 0.444 e. The van der Waals surface area contributed by atoms with Gasteiger partial charge in [0.05, 0.1) is 0 Å². The molecule has 0 heterocycles. The molecule has 0 radical (unpaired) electrons. The van der Waals surface area contributed by atoms with Crippen molar-refractivity contribution >= 4 is 17.9 Å². The molecule has 0 spiro atoms. The van der Waals surface area contributed by atoms with Crippen molar-refractivity contribution in [2.75, 3.05) is 6.54 Å². The van der Waals surface area contributed by atoms with Gasteiger partial charge in [0.25, 0.3) is 0 Å². The molecule has 0 aromatic heterocycles. The minimum absolute atomic E-state index is 0.318. The summed E-state index contributed by atoms with van der Waals surface area (Å²) in [6.07, 6.45) is 5.41. The zero-order valence-electron chi connectivity index (χ0n) is 21.1. The van der Waals surface area contributed by atoms with E-state index in [9.17, 15) is 14.4 Å². The number of carbonyl (C=O) groups is 3. The Labute approximate surface area is 208 Å². The summed E-state index contributed by atoms with van der Waals surface area (Å²) in [6.45, 7) is 9.38. The highest BCUT2D eigenvalue weighted by molar-refractivity contribution is 5.92. The van der Waals surface area contributed by atoms with Crippen LogP contribution in [0, 0.1) is 12.3 Å². The summed E-state index contributed by atoms with van der Waals surface area (Å²) in [5.74, 6) is 1.85. The Kier molecular flexibility index (Phi) is 9.89. The van der Waals surface area contributed by atoms with Crippen LogP contribution in [0.4, 0.5) is 4.79 Å². The number of benzene rings is 2. The number of rotatable bonds is 9. The molecule has 0 aliphatic carbocycles. The van der Waals surface area contributed by atoms with Crippen molar-refractivity contribution in [1.82, 2.24) is 15.5 Å². The highest BCUT2D eigenvalue weighted by atomic mass is 16.6. The van der Waals surface area contributed by atoms with Crippen LogP contribution >= 0.6 is 0 Å². The summed E-state index contributed by atoms with van der Waals surface area (Å²) >= 11 is 0. The second-order valence-electron chi connectivity index (χ2n) is 9.27. The smallest absolute Gasteiger partial charge is 0.408 e. The monoisotopic (exact) mass is 477 g/mol. The number of nitrogens with zero attached hydrogens (tertiary/aromatic N) is 1. The Morgan fingerprint density at radius 3 is 2.23 bits per heavy atom. The van der Waals surface area contributed by atoms with Gasteiger partial charge >= 0.3 is 6.09 Å². The molecule has 7 heteroatoms. The Hall–Kier alpha value is -3.79. The van der Waals surface area contributed by atoms with E-state index in [4.69, 9.17) is 11.2 Å². The van der Waals surface area contributed by atoms with Crippen LogP contribution in [-0.4, -0.2) is 41.0 Å². The summed E-state index contributed by atoms with van der Waals surface area (Å²) in [5.41, 5.74) is 1.54. The Balaban J connectivity index is 2.33. The number of amides is 3. The predicted octanol–water partition coefficient (Wildman–Crippen LogP) is 4.18. The molecule has 3 amide bonds. The molecule has 0 aliphatic heterocycles. The van der Waals surface area contributed by atoms with E-state index in [2.05, 4.69) is 16.6 Å². The summed E-state index contributed by atoms with van der Waals surface area (Å²) in [7, 11) is 0. The van der Waals surface area contributed by atoms with Crippen molar-refractivity contribution in [3.05, 3.63) is 71.3 Å². The van der Waals surface area contributed by atoms with E-state index in [1.807, 2.05) is 37.3 Å². The normalized spacial score (nSPS) is 12.6. The van der Waals surface area contributed by atoms with Gasteiger partial charge in [0.15, 0.2) is 0 Å². The molecule has 186 valence electrons. The van der Waals surface area contributed by atoms with Gasteiger partial charge in [0.1, 0.15) is 17.7 Å². The number of ether oxygens (including phenoxy) is 1. The van der Waals surface area contributed by atoms with E-state index >= 15 is 0 Å². The van der Waals surface area contributed by atoms with Crippen molar-refractivity contribution in [1.29, 1.82) is 0 Å². The molecule has 2 N–H and O–H groups in total. The van der Waals surface area contributed by atoms with Crippen LogP contribution in [0.15, 0.2) is 54.6 Å². The molecule has 0 saturated heterocycles. The fourth-order valence-electron chi connectivity index (χ4n) is 3.52. The van der Waals surface area contributed by atoms with Crippen molar-refractivity contribution in [2.45, 2.75) is 65.3 Å². The second-order valence-corrected chi connectivity index (χ2v) is 9.27. The van der Waals surface area contributed by atoms with Crippen LogP contribution < -0.4 is 10.6 Å². The molecule has 2 unspecified atom stereocenters. The van der Waals surface area contributed by atoms with Crippen molar-refractivity contribution in [2.24, 2.45) is 0 Å². The van der Waals surface area contributed by atoms with Crippen molar-refractivity contribution in [3.8, 4) is 12.3 Å². The number of terminal acetylenes is 1. The standard InChI is InChI=1S/C28H35N3O4/c1-7-18-31(26(33)20(3)30-27(34)35-28(4,5)6)24(23-16-14-21(8-2)15-17-23)25(32)29-19-22-12-10-9-11-13-22/h2,9-17,20,24H,7,18-19H2,1,3-6H3,(H,29,32)(H,30,34). The number of alkyl carbamates (subject to hydrolysis) is 1. The van der Waals surface area contributed by atoms with Gasteiger partial charge in [-0.15, -0.1) is 6.42 Å². The van der Waals surface area contributed by atoms with Crippen molar-refractivity contribution in [3.63, 3.8) is 0 Å². The second kappa shape index (κ2) is 12.6. The van der Waals surface area contributed by atoms with Gasteiger partial charge in [-0.3, -0.25) is 9.59 Å².